The van der Waals surface area contributed by atoms with Crippen LogP contribution in [0.2, 0.25) is 10.0 Å². The van der Waals surface area contributed by atoms with E-state index in [1.54, 1.807) is 84.9 Å². The van der Waals surface area contributed by atoms with E-state index >= 15 is 0 Å². The van der Waals surface area contributed by atoms with Crippen LogP contribution in [0.4, 0.5) is 0 Å². The number of hydrogen-bond donors (Lipinski definition) is 1. The van der Waals surface area contributed by atoms with Gasteiger partial charge in [-0.1, -0.05) is 36.2 Å². The highest BCUT2D eigenvalue weighted by Crippen LogP contribution is 2.29. The van der Waals surface area contributed by atoms with Crippen LogP contribution in [0, 0.1) is 0 Å². The second-order valence-corrected chi connectivity index (χ2v) is 9.76. The van der Waals surface area contributed by atoms with E-state index in [1.165, 1.54) is 13.3 Å². The second kappa shape index (κ2) is 14.9. The Morgan fingerprint density at radius 2 is 1.52 bits per heavy atom. The molecule has 0 aliphatic carbocycles. The van der Waals surface area contributed by atoms with Crippen LogP contribution in [0.25, 0.3) is 0 Å². The molecule has 0 bridgehead atoms. The van der Waals surface area contributed by atoms with Crippen LogP contribution in [0.5, 0.6) is 23.0 Å². The second-order valence-electron chi connectivity index (χ2n) is 8.92. The maximum absolute atomic E-state index is 12.6. The summed E-state index contributed by atoms with van der Waals surface area (Å²) in [6.07, 6.45) is 2.35. The van der Waals surface area contributed by atoms with E-state index in [0.29, 0.717) is 50.6 Å². The summed E-state index contributed by atoms with van der Waals surface area (Å²) in [5.41, 5.74) is 4.67. The third-order valence-electron chi connectivity index (χ3n) is 5.86. The molecule has 4 aromatic rings. The molecule has 4 aromatic carbocycles. The van der Waals surface area contributed by atoms with Crippen molar-refractivity contribution in [2.24, 2.45) is 5.10 Å². The van der Waals surface area contributed by atoms with Crippen molar-refractivity contribution in [3.8, 4) is 23.0 Å². The normalized spacial score (nSPS) is 10.8. The van der Waals surface area contributed by atoms with Crippen LogP contribution in [-0.4, -0.2) is 31.8 Å². The van der Waals surface area contributed by atoms with Gasteiger partial charge in [-0.25, -0.2) is 10.2 Å². The largest absolute Gasteiger partial charge is 0.494 e. The molecule has 0 unspecified atom stereocenters. The zero-order valence-corrected chi connectivity index (χ0v) is 24.4. The summed E-state index contributed by atoms with van der Waals surface area (Å²) >= 11 is 12.1. The first-order chi connectivity index (χ1) is 20.4. The molecule has 0 atom stereocenters. The Labute approximate surface area is 253 Å². The zero-order valence-electron chi connectivity index (χ0n) is 22.9. The molecule has 0 aliphatic rings. The number of rotatable bonds is 12. The minimum atomic E-state index is -0.533. The van der Waals surface area contributed by atoms with Gasteiger partial charge in [-0.15, -0.1) is 0 Å². The Morgan fingerprint density at radius 1 is 0.833 bits per heavy atom. The summed E-state index contributed by atoms with van der Waals surface area (Å²) in [7, 11) is 1.46. The zero-order chi connectivity index (χ0) is 29.9. The number of nitrogens with one attached hydrogen (secondary N) is 1. The molecule has 0 saturated heterocycles. The van der Waals surface area contributed by atoms with Crippen molar-refractivity contribution in [3.63, 3.8) is 0 Å². The van der Waals surface area contributed by atoms with E-state index in [1.807, 2.05) is 6.92 Å². The molecule has 42 heavy (non-hydrogen) atoms. The van der Waals surface area contributed by atoms with Crippen LogP contribution < -0.4 is 24.4 Å². The standard InChI is InChI=1S/C32H28Cl2N2O6/c1-3-16-40-26-13-8-23(9-14-26)32(38)42-29-15-4-21(17-30(29)39-2)19-35-36-31(37)22-6-11-27(12-7-22)41-20-24-5-10-25(33)18-28(24)34/h4-15,17-19H,3,16,20H2,1-2H3,(H,36,37)/b35-19-. The van der Waals surface area contributed by atoms with Gasteiger partial charge in [-0.2, -0.15) is 5.10 Å². The highest BCUT2D eigenvalue weighted by Gasteiger charge is 2.13. The van der Waals surface area contributed by atoms with E-state index < -0.39 is 11.9 Å². The monoisotopic (exact) mass is 606 g/mol. The van der Waals surface area contributed by atoms with E-state index in [4.69, 9.17) is 42.1 Å². The number of esters is 1. The lowest BCUT2D eigenvalue weighted by atomic mass is 10.2. The van der Waals surface area contributed by atoms with Crippen LogP contribution in [-0.2, 0) is 6.61 Å². The number of nitrogens with zero attached hydrogens (tertiary/aromatic N) is 1. The number of ether oxygens (including phenoxy) is 4. The average Bonchev–Trinajstić information content (AvgIpc) is 3.00. The molecule has 8 nitrogen and oxygen atoms in total. The third kappa shape index (κ3) is 8.49. The fourth-order valence-corrected chi connectivity index (χ4v) is 4.11. The van der Waals surface area contributed by atoms with Crippen LogP contribution >= 0.6 is 23.2 Å². The lowest BCUT2D eigenvalue weighted by molar-refractivity contribution is 0.0729. The summed E-state index contributed by atoms with van der Waals surface area (Å²) in [5.74, 6) is 0.903. The number of halogens is 2. The molecule has 0 radical (unpaired) electrons. The Morgan fingerprint density at radius 3 is 2.19 bits per heavy atom. The Kier molecular flexibility index (Phi) is 10.8. The summed E-state index contributed by atoms with van der Waals surface area (Å²) < 4.78 is 22.2. The fourth-order valence-electron chi connectivity index (χ4n) is 3.65. The first-order valence-corrected chi connectivity index (χ1v) is 13.7. The number of amides is 1. The van der Waals surface area contributed by atoms with Gasteiger partial charge in [0.05, 0.1) is 25.5 Å². The molecule has 0 spiro atoms. The molecular weight excluding hydrogens is 579 g/mol. The van der Waals surface area contributed by atoms with Crippen molar-refractivity contribution < 1.29 is 28.5 Å². The van der Waals surface area contributed by atoms with Crippen molar-refractivity contribution >= 4 is 41.3 Å². The third-order valence-corrected chi connectivity index (χ3v) is 6.45. The first-order valence-electron chi connectivity index (χ1n) is 13.0. The van der Waals surface area contributed by atoms with E-state index in [2.05, 4.69) is 10.5 Å². The Balaban J connectivity index is 1.30. The van der Waals surface area contributed by atoms with Gasteiger partial charge in [0, 0.05) is 21.2 Å². The van der Waals surface area contributed by atoms with Gasteiger partial charge in [-0.05, 0) is 90.8 Å². The maximum atomic E-state index is 12.6. The van der Waals surface area contributed by atoms with Gasteiger partial charge >= 0.3 is 5.97 Å². The van der Waals surface area contributed by atoms with Crippen LogP contribution in [0.15, 0.2) is 90.0 Å². The summed E-state index contributed by atoms with van der Waals surface area (Å²) in [6.45, 7) is 2.88. The Bertz CT molecular complexity index is 1560. The van der Waals surface area contributed by atoms with Gasteiger partial charge < -0.3 is 18.9 Å². The SMILES string of the molecule is CCCOc1ccc(C(=O)Oc2ccc(/C=N\NC(=O)c3ccc(OCc4ccc(Cl)cc4Cl)cc3)cc2OC)cc1. The number of methoxy groups -OCH3 is 1. The molecule has 1 amide bonds. The van der Waals surface area contributed by atoms with Crippen molar-refractivity contribution in [3.05, 3.63) is 117 Å². The topological polar surface area (TPSA) is 95.5 Å². The number of hydrogen-bond acceptors (Lipinski definition) is 7. The van der Waals surface area contributed by atoms with Crippen molar-refractivity contribution in [2.45, 2.75) is 20.0 Å². The lowest BCUT2D eigenvalue weighted by Crippen LogP contribution is -2.17. The molecule has 0 heterocycles. The number of hydrazone groups is 1. The van der Waals surface area contributed by atoms with Gasteiger partial charge in [0.2, 0.25) is 0 Å². The van der Waals surface area contributed by atoms with Crippen molar-refractivity contribution in [2.75, 3.05) is 13.7 Å². The van der Waals surface area contributed by atoms with E-state index in [9.17, 15) is 9.59 Å². The summed E-state index contributed by atoms with van der Waals surface area (Å²) in [6, 6.07) is 23.4. The minimum absolute atomic E-state index is 0.246. The highest BCUT2D eigenvalue weighted by molar-refractivity contribution is 6.35. The smallest absolute Gasteiger partial charge is 0.343 e. The lowest BCUT2D eigenvalue weighted by Gasteiger charge is -2.10. The molecule has 0 aromatic heterocycles. The molecular formula is C32H28Cl2N2O6. The predicted octanol–water partition coefficient (Wildman–Crippen LogP) is 7.35. The molecule has 0 saturated carbocycles. The quantitative estimate of drug-likeness (QED) is 0.0783. The number of carbonyl (C=O) groups is 2. The molecule has 4 rings (SSSR count). The number of benzene rings is 4. The molecule has 10 heteroatoms. The molecule has 0 fully saturated rings. The average molecular weight is 607 g/mol. The van der Waals surface area contributed by atoms with Gasteiger partial charge in [0.15, 0.2) is 11.5 Å². The van der Waals surface area contributed by atoms with E-state index in [0.717, 1.165) is 12.0 Å². The fraction of sp³-hybridized carbons (Fsp3) is 0.156. The highest BCUT2D eigenvalue weighted by atomic mass is 35.5. The van der Waals surface area contributed by atoms with Gasteiger partial charge in [0.1, 0.15) is 18.1 Å². The maximum Gasteiger partial charge on any atom is 0.343 e. The van der Waals surface area contributed by atoms with Crippen molar-refractivity contribution in [1.29, 1.82) is 0 Å². The van der Waals surface area contributed by atoms with Crippen molar-refractivity contribution in [1.82, 2.24) is 5.43 Å². The molecule has 0 aliphatic heterocycles. The Hall–Kier alpha value is -4.53. The molecule has 1 N–H and O–H groups in total. The summed E-state index contributed by atoms with van der Waals surface area (Å²) in [5, 5.41) is 5.09. The van der Waals surface area contributed by atoms with E-state index in [-0.39, 0.29) is 12.4 Å². The number of carbonyl (C=O) groups excluding carboxylic acids is 2. The minimum Gasteiger partial charge on any atom is -0.494 e. The predicted molar refractivity (Wildman–Crippen MR) is 162 cm³/mol. The summed E-state index contributed by atoms with van der Waals surface area (Å²) in [4.78, 5) is 25.1. The van der Waals surface area contributed by atoms with Crippen LogP contribution in [0.1, 0.15) is 45.2 Å². The van der Waals surface area contributed by atoms with Gasteiger partial charge in [0.25, 0.3) is 5.91 Å². The first kappa shape index (κ1) is 30.4. The molecule has 216 valence electrons. The van der Waals surface area contributed by atoms with Gasteiger partial charge in [-0.3, -0.25) is 4.79 Å². The van der Waals surface area contributed by atoms with Crippen LogP contribution in [0.3, 0.4) is 0 Å².